The highest BCUT2D eigenvalue weighted by molar-refractivity contribution is 6.00. The number of nitrogens with one attached hydrogen (secondary N) is 2. The summed E-state index contributed by atoms with van der Waals surface area (Å²) in [4.78, 5) is 13.3. The summed E-state index contributed by atoms with van der Waals surface area (Å²) in [5.74, 6) is -0.0308. The lowest BCUT2D eigenvalue weighted by Crippen LogP contribution is -2.48. The number of benzene rings is 2. The lowest BCUT2D eigenvalue weighted by Gasteiger charge is -2.29. The number of fused-ring (bicyclic) bond motifs is 2. The lowest BCUT2D eigenvalue weighted by molar-refractivity contribution is 0.0924. The molecule has 2 aromatic carbocycles. The van der Waals surface area contributed by atoms with Crippen LogP contribution in [0.5, 0.6) is 0 Å². The number of amides is 1. The van der Waals surface area contributed by atoms with Gasteiger partial charge in [-0.25, -0.2) is 4.68 Å². The van der Waals surface area contributed by atoms with Gasteiger partial charge in [-0.15, -0.1) is 12.4 Å². The van der Waals surface area contributed by atoms with Gasteiger partial charge in [0.25, 0.3) is 5.91 Å². The molecule has 3 heterocycles. The zero-order chi connectivity index (χ0) is 19.8. The molecule has 5 nitrogen and oxygen atoms in total. The quantitative estimate of drug-likeness (QED) is 0.659. The number of aromatic nitrogens is 2. The van der Waals surface area contributed by atoms with E-state index in [9.17, 15) is 4.79 Å². The van der Waals surface area contributed by atoms with Gasteiger partial charge in [-0.3, -0.25) is 4.79 Å². The van der Waals surface area contributed by atoms with Gasteiger partial charge in [0, 0.05) is 29.9 Å². The molecule has 156 valence electrons. The summed E-state index contributed by atoms with van der Waals surface area (Å²) in [5, 5.41) is 11.7. The number of carbonyl (C=O) groups is 1. The summed E-state index contributed by atoms with van der Waals surface area (Å²) >= 11 is 0. The fourth-order valence-electron chi connectivity index (χ4n) is 4.73. The summed E-state index contributed by atoms with van der Waals surface area (Å²) < 4.78 is 1.81. The van der Waals surface area contributed by atoms with Crippen molar-refractivity contribution in [2.45, 2.75) is 50.7 Å². The molecule has 0 spiro atoms. The van der Waals surface area contributed by atoms with E-state index in [2.05, 4.69) is 23.6 Å². The van der Waals surface area contributed by atoms with Crippen LogP contribution in [0.1, 0.15) is 41.6 Å². The maximum absolute atomic E-state index is 13.3. The first-order valence-corrected chi connectivity index (χ1v) is 10.5. The van der Waals surface area contributed by atoms with Gasteiger partial charge >= 0.3 is 0 Å². The summed E-state index contributed by atoms with van der Waals surface area (Å²) in [6.07, 6.45) is 6.32. The zero-order valence-corrected chi connectivity index (χ0v) is 17.9. The lowest BCUT2D eigenvalue weighted by atomic mass is 9.98. The monoisotopic (exact) mass is 422 g/mol. The summed E-state index contributed by atoms with van der Waals surface area (Å²) in [6.45, 7) is 2.06. The first-order valence-electron chi connectivity index (χ1n) is 10.5. The van der Waals surface area contributed by atoms with Crippen LogP contribution in [0.2, 0.25) is 0 Å². The highest BCUT2D eigenvalue weighted by atomic mass is 35.5. The van der Waals surface area contributed by atoms with Crippen LogP contribution in [0.3, 0.4) is 0 Å². The van der Waals surface area contributed by atoms with Crippen LogP contribution >= 0.6 is 12.4 Å². The molecular weight excluding hydrogens is 396 g/mol. The second-order valence-corrected chi connectivity index (χ2v) is 8.27. The maximum atomic E-state index is 13.3. The van der Waals surface area contributed by atoms with E-state index in [1.165, 1.54) is 12.8 Å². The van der Waals surface area contributed by atoms with Crippen molar-refractivity contribution in [2.24, 2.45) is 0 Å². The van der Waals surface area contributed by atoms with Crippen LogP contribution in [0.4, 0.5) is 0 Å². The van der Waals surface area contributed by atoms with E-state index in [-0.39, 0.29) is 24.4 Å². The van der Waals surface area contributed by atoms with Crippen LogP contribution in [0, 0.1) is 6.92 Å². The Morgan fingerprint density at radius 3 is 2.40 bits per heavy atom. The number of hydrogen-bond donors (Lipinski definition) is 2. The fourth-order valence-corrected chi connectivity index (χ4v) is 4.73. The Hall–Kier alpha value is -2.63. The zero-order valence-electron chi connectivity index (χ0n) is 17.0. The van der Waals surface area contributed by atoms with Gasteiger partial charge < -0.3 is 10.6 Å². The molecule has 5 rings (SSSR count). The molecule has 2 aliphatic heterocycles. The van der Waals surface area contributed by atoms with Crippen molar-refractivity contribution in [1.29, 1.82) is 0 Å². The van der Waals surface area contributed by atoms with Gasteiger partial charge in [-0.2, -0.15) is 5.10 Å². The minimum atomic E-state index is -0.0308. The molecule has 3 aromatic rings. The van der Waals surface area contributed by atoms with E-state index >= 15 is 0 Å². The molecule has 1 aromatic heterocycles. The van der Waals surface area contributed by atoms with Gasteiger partial charge in [-0.05, 0) is 50.3 Å². The average molecular weight is 423 g/mol. The Bertz CT molecular complexity index is 1020. The van der Waals surface area contributed by atoms with Crippen molar-refractivity contribution in [1.82, 2.24) is 20.4 Å². The average Bonchev–Trinajstić information content (AvgIpc) is 3.32. The third-order valence-corrected chi connectivity index (χ3v) is 6.19. The highest BCUT2D eigenvalue weighted by Gasteiger charge is 2.34. The van der Waals surface area contributed by atoms with Gasteiger partial charge in [0.2, 0.25) is 0 Å². The molecule has 2 fully saturated rings. The molecule has 30 heavy (non-hydrogen) atoms. The Balaban J connectivity index is 0.00000218. The molecule has 1 amide bonds. The van der Waals surface area contributed by atoms with E-state index < -0.39 is 0 Å². The molecule has 0 aliphatic carbocycles. The number of nitrogens with zero attached hydrogens (tertiary/aromatic N) is 2. The fraction of sp³-hybridized carbons (Fsp3) is 0.333. The largest absolute Gasteiger partial charge is 0.349 e. The molecule has 2 N–H and O–H groups in total. The van der Waals surface area contributed by atoms with Crippen LogP contribution in [-0.2, 0) is 0 Å². The molecule has 2 unspecified atom stereocenters. The Morgan fingerprint density at radius 2 is 1.70 bits per heavy atom. The minimum absolute atomic E-state index is 0. The minimum Gasteiger partial charge on any atom is -0.349 e. The maximum Gasteiger partial charge on any atom is 0.255 e. The predicted octanol–water partition coefficient (Wildman–Crippen LogP) is 4.28. The topological polar surface area (TPSA) is 59.0 Å². The van der Waals surface area contributed by atoms with E-state index in [0.29, 0.717) is 17.6 Å². The van der Waals surface area contributed by atoms with Crippen molar-refractivity contribution in [3.8, 4) is 16.9 Å². The first kappa shape index (κ1) is 20.6. The number of aryl methyl sites for hydroxylation is 1. The molecule has 0 radical (unpaired) electrons. The Morgan fingerprint density at radius 1 is 1.03 bits per heavy atom. The summed E-state index contributed by atoms with van der Waals surface area (Å²) in [5.41, 5.74) is 4.43. The third kappa shape index (κ3) is 4.00. The highest BCUT2D eigenvalue weighted by Crippen LogP contribution is 2.29. The van der Waals surface area contributed by atoms with Crippen molar-refractivity contribution in [3.63, 3.8) is 0 Å². The number of carbonyl (C=O) groups excluding carboxylic acids is 1. The van der Waals surface area contributed by atoms with Crippen LogP contribution < -0.4 is 10.6 Å². The Labute approximate surface area is 183 Å². The number of hydrogen-bond acceptors (Lipinski definition) is 3. The molecule has 2 atom stereocenters. The predicted molar refractivity (Wildman–Crippen MR) is 121 cm³/mol. The summed E-state index contributed by atoms with van der Waals surface area (Å²) in [6, 6.07) is 19.4. The molecule has 2 aliphatic rings. The number of halogens is 1. The standard InChI is InChI=1S/C24H26N4O.ClH/c1-16-7-5-6-10-21(16)23-22(15-28(27-23)20-8-3-2-4-9-20)24(29)26-19-13-17-11-12-18(14-19)25-17;/h2-10,15,17-19,25H,11-14H2,1H3,(H,26,29);1H. The SMILES string of the molecule is Cc1ccccc1-c1nn(-c2ccccc2)cc1C(=O)NC1CC2CCC(C1)N2.Cl. The van der Waals surface area contributed by atoms with Gasteiger partial charge in [0.1, 0.15) is 5.69 Å². The van der Waals surface area contributed by atoms with Crippen molar-refractivity contribution in [2.75, 3.05) is 0 Å². The second kappa shape index (κ2) is 8.62. The number of para-hydroxylation sites is 1. The molecule has 2 saturated heterocycles. The Kier molecular flexibility index (Phi) is 5.93. The summed E-state index contributed by atoms with van der Waals surface area (Å²) in [7, 11) is 0. The number of piperidine rings is 1. The molecule has 2 bridgehead atoms. The third-order valence-electron chi connectivity index (χ3n) is 6.19. The van der Waals surface area contributed by atoms with Gasteiger partial charge in [-0.1, -0.05) is 42.5 Å². The number of rotatable bonds is 4. The van der Waals surface area contributed by atoms with Gasteiger partial charge in [0.15, 0.2) is 0 Å². The first-order chi connectivity index (χ1) is 14.2. The van der Waals surface area contributed by atoms with Crippen LogP contribution in [0.15, 0.2) is 60.8 Å². The van der Waals surface area contributed by atoms with E-state index in [4.69, 9.17) is 5.10 Å². The van der Waals surface area contributed by atoms with E-state index in [0.717, 1.165) is 35.3 Å². The second-order valence-electron chi connectivity index (χ2n) is 8.27. The molecular formula is C24H27ClN4O. The molecule has 0 saturated carbocycles. The molecule has 6 heteroatoms. The van der Waals surface area contributed by atoms with Crippen LogP contribution in [0.25, 0.3) is 16.9 Å². The van der Waals surface area contributed by atoms with Crippen LogP contribution in [-0.4, -0.2) is 33.8 Å². The van der Waals surface area contributed by atoms with E-state index in [1.807, 2.05) is 59.4 Å². The van der Waals surface area contributed by atoms with E-state index in [1.54, 1.807) is 0 Å². The smallest absolute Gasteiger partial charge is 0.255 e. The van der Waals surface area contributed by atoms with Crippen molar-refractivity contribution >= 4 is 18.3 Å². The normalized spacial score (nSPS) is 22.4. The van der Waals surface area contributed by atoms with Crippen molar-refractivity contribution < 1.29 is 4.79 Å². The van der Waals surface area contributed by atoms with Crippen molar-refractivity contribution in [3.05, 3.63) is 71.9 Å². The van der Waals surface area contributed by atoms with Gasteiger partial charge in [0.05, 0.1) is 11.3 Å².